The van der Waals surface area contributed by atoms with Crippen molar-refractivity contribution in [1.82, 2.24) is 4.72 Å². The standard InChI is InChI=1S/C5HF9N2O2S/c6-2(7,4(10,11)12)3(8,9)5(13,14)19(17,18)16-1-15/h16H. The zero-order chi connectivity index (χ0) is 15.9. The third-order valence-electron chi connectivity index (χ3n) is 1.63. The van der Waals surface area contributed by atoms with Gasteiger partial charge in [0.2, 0.25) is 0 Å². The summed E-state index contributed by atoms with van der Waals surface area (Å²) < 4.78 is 131. The molecular formula is C5HF9N2O2S. The zero-order valence-electron chi connectivity index (χ0n) is 8.07. The first-order valence-electron chi connectivity index (χ1n) is 3.67. The van der Waals surface area contributed by atoms with E-state index in [4.69, 9.17) is 5.26 Å². The number of nitriles is 1. The molecule has 0 heterocycles. The number of halogens is 9. The van der Waals surface area contributed by atoms with E-state index in [0.717, 1.165) is 0 Å². The van der Waals surface area contributed by atoms with Crippen LogP contribution in [-0.2, 0) is 10.0 Å². The fourth-order valence-corrected chi connectivity index (χ4v) is 1.37. The topological polar surface area (TPSA) is 70.0 Å². The fourth-order valence-electron chi connectivity index (χ4n) is 0.654. The molecule has 0 fully saturated rings. The van der Waals surface area contributed by atoms with E-state index in [-0.39, 0.29) is 10.9 Å². The third kappa shape index (κ3) is 2.38. The molecule has 0 unspecified atom stereocenters. The molecule has 0 radical (unpaired) electrons. The van der Waals surface area contributed by atoms with Crippen LogP contribution in [0.25, 0.3) is 0 Å². The first-order valence-corrected chi connectivity index (χ1v) is 5.15. The lowest BCUT2D eigenvalue weighted by molar-refractivity contribution is -0.382. The smallest absolute Gasteiger partial charge is 0.214 e. The van der Waals surface area contributed by atoms with E-state index in [0.29, 0.717) is 0 Å². The molecule has 0 amide bonds. The molecule has 19 heavy (non-hydrogen) atoms. The molecule has 0 saturated heterocycles. The van der Waals surface area contributed by atoms with Crippen LogP contribution < -0.4 is 4.72 Å². The monoisotopic (exact) mass is 324 g/mol. The first-order chi connectivity index (χ1) is 8.06. The van der Waals surface area contributed by atoms with Gasteiger partial charge in [0.25, 0.3) is 0 Å². The van der Waals surface area contributed by atoms with Crippen molar-refractivity contribution < 1.29 is 47.9 Å². The molecule has 0 aromatic carbocycles. The van der Waals surface area contributed by atoms with Gasteiger partial charge in [0.05, 0.1) is 0 Å². The largest absolute Gasteiger partial charge is 0.460 e. The summed E-state index contributed by atoms with van der Waals surface area (Å²) in [4.78, 5) is 0. The van der Waals surface area contributed by atoms with Crippen LogP contribution in [0.2, 0.25) is 0 Å². The van der Waals surface area contributed by atoms with E-state index in [2.05, 4.69) is 0 Å². The minimum atomic E-state index is -7.34. The lowest BCUT2D eigenvalue weighted by Crippen LogP contribution is -2.64. The van der Waals surface area contributed by atoms with Gasteiger partial charge in [-0.05, 0) is 0 Å². The molecule has 112 valence electrons. The van der Waals surface area contributed by atoms with Crippen LogP contribution in [0.3, 0.4) is 0 Å². The molecule has 14 heteroatoms. The summed E-state index contributed by atoms with van der Waals surface area (Å²) in [5, 5.41) is 0.785. The van der Waals surface area contributed by atoms with Crippen molar-refractivity contribution in [2.24, 2.45) is 0 Å². The summed E-state index contributed by atoms with van der Waals surface area (Å²) in [7, 11) is -6.79. The van der Waals surface area contributed by atoms with Gasteiger partial charge >= 0.3 is 33.3 Å². The van der Waals surface area contributed by atoms with E-state index in [1.165, 1.54) is 0 Å². The van der Waals surface area contributed by atoms with Gasteiger partial charge in [-0.3, -0.25) is 0 Å². The predicted molar refractivity (Wildman–Crippen MR) is 38.6 cm³/mol. The first kappa shape index (κ1) is 17.6. The number of sulfonamides is 1. The zero-order valence-corrected chi connectivity index (χ0v) is 8.89. The Bertz CT molecular complexity index is 488. The summed E-state index contributed by atoms with van der Waals surface area (Å²) in [6.45, 7) is 0. The Morgan fingerprint density at radius 1 is 0.842 bits per heavy atom. The summed E-state index contributed by atoms with van der Waals surface area (Å²) in [6.07, 6.45) is -6.94. The van der Waals surface area contributed by atoms with E-state index in [1.54, 1.807) is 0 Å². The van der Waals surface area contributed by atoms with Gasteiger partial charge < -0.3 is 0 Å². The molecule has 0 atom stereocenters. The van der Waals surface area contributed by atoms with Crippen molar-refractivity contribution in [3.8, 4) is 6.19 Å². The molecular weight excluding hydrogens is 323 g/mol. The van der Waals surface area contributed by atoms with Gasteiger partial charge in [-0.15, -0.1) is 0 Å². The summed E-state index contributed by atoms with van der Waals surface area (Å²) in [5.41, 5.74) is 0. The second-order valence-electron chi connectivity index (χ2n) is 2.88. The average molecular weight is 324 g/mol. The van der Waals surface area contributed by atoms with Crippen molar-refractivity contribution in [3.05, 3.63) is 0 Å². The molecule has 0 saturated carbocycles. The van der Waals surface area contributed by atoms with Crippen LogP contribution in [0.4, 0.5) is 39.5 Å². The Morgan fingerprint density at radius 2 is 1.21 bits per heavy atom. The van der Waals surface area contributed by atoms with Crippen LogP contribution in [0.15, 0.2) is 0 Å². The van der Waals surface area contributed by atoms with Gasteiger partial charge in [-0.1, -0.05) is 0 Å². The Hall–Kier alpha value is -1.39. The van der Waals surface area contributed by atoms with Crippen LogP contribution in [0.1, 0.15) is 0 Å². The Balaban J connectivity index is 6.01. The Labute approximate surface area is 98.4 Å². The molecule has 0 aromatic rings. The van der Waals surface area contributed by atoms with Crippen molar-refractivity contribution in [1.29, 1.82) is 5.26 Å². The van der Waals surface area contributed by atoms with E-state index < -0.39 is 33.3 Å². The number of nitrogens with one attached hydrogen (secondary N) is 1. The molecule has 1 N–H and O–H groups in total. The van der Waals surface area contributed by atoms with Crippen LogP contribution in [0, 0.1) is 11.5 Å². The quantitative estimate of drug-likeness (QED) is 0.487. The molecule has 0 aromatic heterocycles. The molecule has 0 aliphatic carbocycles. The van der Waals surface area contributed by atoms with Gasteiger partial charge in [-0.25, -0.2) is 4.72 Å². The molecule has 0 aliphatic rings. The Kier molecular flexibility index (Phi) is 4.00. The van der Waals surface area contributed by atoms with E-state index in [9.17, 15) is 47.9 Å². The molecule has 0 bridgehead atoms. The highest BCUT2D eigenvalue weighted by atomic mass is 32.2. The minimum Gasteiger partial charge on any atom is -0.214 e. The lowest BCUT2D eigenvalue weighted by Gasteiger charge is -2.32. The summed E-state index contributed by atoms with van der Waals surface area (Å²) >= 11 is 0. The fraction of sp³-hybridized carbons (Fsp3) is 0.800. The Morgan fingerprint density at radius 3 is 1.47 bits per heavy atom. The lowest BCUT2D eigenvalue weighted by atomic mass is 10.1. The number of hydrogen-bond acceptors (Lipinski definition) is 3. The molecule has 4 nitrogen and oxygen atoms in total. The van der Waals surface area contributed by atoms with Gasteiger partial charge in [0.15, 0.2) is 6.19 Å². The third-order valence-corrected chi connectivity index (χ3v) is 2.92. The maximum Gasteiger partial charge on any atom is 0.460 e. The highest BCUT2D eigenvalue weighted by molar-refractivity contribution is 7.90. The number of nitrogens with zero attached hydrogens (tertiary/aromatic N) is 1. The summed E-state index contributed by atoms with van der Waals surface area (Å²) in [5.74, 6) is -14.7. The summed E-state index contributed by atoms with van der Waals surface area (Å²) in [6, 6.07) is 0. The second-order valence-corrected chi connectivity index (χ2v) is 4.60. The van der Waals surface area contributed by atoms with Gasteiger partial charge in [0.1, 0.15) is 0 Å². The number of hydrogen-bond donors (Lipinski definition) is 1. The predicted octanol–water partition coefficient (Wildman–Crippen LogP) is 1.81. The van der Waals surface area contributed by atoms with E-state index in [1.807, 2.05) is 0 Å². The maximum atomic E-state index is 12.7. The van der Waals surface area contributed by atoms with Crippen LogP contribution in [0.5, 0.6) is 0 Å². The highest BCUT2D eigenvalue weighted by Crippen LogP contribution is 2.54. The van der Waals surface area contributed by atoms with Crippen molar-refractivity contribution in [2.45, 2.75) is 23.3 Å². The maximum absolute atomic E-state index is 12.7. The highest BCUT2D eigenvalue weighted by Gasteiger charge is 2.85. The van der Waals surface area contributed by atoms with Crippen molar-refractivity contribution in [2.75, 3.05) is 0 Å². The van der Waals surface area contributed by atoms with Crippen LogP contribution >= 0.6 is 0 Å². The van der Waals surface area contributed by atoms with Gasteiger partial charge in [0, 0.05) is 0 Å². The molecule has 0 aliphatic heterocycles. The van der Waals surface area contributed by atoms with Gasteiger partial charge in [-0.2, -0.15) is 53.2 Å². The van der Waals surface area contributed by atoms with Crippen molar-refractivity contribution >= 4 is 10.0 Å². The van der Waals surface area contributed by atoms with E-state index >= 15 is 0 Å². The normalized spacial score (nSPS) is 14.9. The number of alkyl halides is 9. The van der Waals surface area contributed by atoms with Crippen LogP contribution in [-0.4, -0.2) is 31.7 Å². The van der Waals surface area contributed by atoms with Crippen molar-refractivity contribution in [3.63, 3.8) is 0 Å². The second kappa shape index (κ2) is 4.32. The SMILES string of the molecule is N#CNS(=O)(=O)C(F)(F)C(F)(F)C(F)(F)C(F)(F)F. The number of rotatable bonds is 4. The molecule has 0 rings (SSSR count). The molecule has 0 spiro atoms. The average Bonchev–Trinajstić information content (AvgIpc) is 2.14. The minimum absolute atomic E-state index is 0.0389.